The van der Waals surface area contributed by atoms with Crippen LogP contribution < -0.4 is 5.32 Å². The molecule has 1 fully saturated rings. The van der Waals surface area contributed by atoms with Crippen molar-refractivity contribution in [3.63, 3.8) is 0 Å². The van der Waals surface area contributed by atoms with Gasteiger partial charge in [-0.15, -0.1) is 0 Å². The Morgan fingerprint density at radius 3 is 2.93 bits per heavy atom. The molecule has 0 aromatic heterocycles. The number of halogens is 1. The quantitative estimate of drug-likeness (QED) is 0.743. The maximum atomic E-state index is 12.8. The molecule has 2 atom stereocenters. The maximum Gasteiger partial charge on any atom is 0.125 e. The van der Waals surface area contributed by atoms with Gasteiger partial charge < -0.3 is 15.2 Å². The molecule has 0 amide bonds. The molecule has 0 saturated carbocycles. The van der Waals surface area contributed by atoms with E-state index < -0.39 is 6.10 Å². The Morgan fingerprint density at radius 1 is 1.43 bits per heavy atom. The molecule has 76 valence electrons. The minimum atomic E-state index is -0.515. The smallest absolute Gasteiger partial charge is 0.125 e. The lowest BCUT2D eigenvalue weighted by molar-refractivity contribution is 0.125. The molecule has 0 unspecified atom stereocenters. The van der Waals surface area contributed by atoms with E-state index in [1.807, 2.05) is 0 Å². The van der Waals surface area contributed by atoms with Gasteiger partial charge in [0, 0.05) is 5.69 Å². The highest BCUT2D eigenvalue weighted by Crippen LogP contribution is 2.15. The van der Waals surface area contributed by atoms with Crippen LogP contribution in [0.3, 0.4) is 0 Å². The second-order valence-electron chi connectivity index (χ2n) is 3.37. The van der Waals surface area contributed by atoms with E-state index >= 15 is 0 Å². The number of anilines is 1. The first-order valence-corrected chi connectivity index (χ1v) is 4.53. The van der Waals surface area contributed by atoms with Gasteiger partial charge >= 0.3 is 0 Å². The molecular weight excluding hydrogens is 185 g/mol. The summed E-state index contributed by atoms with van der Waals surface area (Å²) in [6, 6.07) is 6.02. The van der Waals surface area contributed by atoms with Crippen molar-refractivity contribution in [2.24, 2.45) is 0 Å². The third-order valence-electron chi connectivity index (χ3n) is 2.23. The number of nitrogens with one attached hydrogen (secondary N) is 1. The number of ether oxygens (including phenoxy) is 1. The predicted octanol–water partition coefficient (Wildman–Crippen LogP) is 0.997. The van der Waals surface area contributed by atoms with Crippen molar-refractivity contribution in [2.75, 3.05) is 18.5 Å². The number of aliphatic hydroxyl groups is 1. The molecule has 0 radical (unpaired) electrons. The molecule has 0 spiro atoms. The van der Waals surface area contributed by atoms with Crippen LogP contribution in [0.5, 0.6) is 0 Å². The monoisotopic (exact) mass is 197 g/mol. The summed E-state index contributed by atoms with van der Waals surface area (Å²) in [4.78, 5) is 0. The zero-order chi connectivity index (χ0) is 9.97. The fourth-order valence-corrected chi connectivity index (χ4v) is 1.47. The molecule has 1 saturated heterocycles. The van der Waals surface area contributed by atoms with E-state index in [2.05, 4.69) is 5.32 Å². The van der Waals surface area contributed by atoms with Gasteiger partial charge in [-0.3, -0.25) is 0 Å². The first-order valence-electron chi connectivity index (χ1n) is 4.53. The van der Waals surface area contributed by atoms with Crippen molar-refractivity contribution in [3.05, 3.63) is 30.1 Å². The van der Waals surface area contributed by atoms with Crippen LogP contribution in [0.4, 0.5) is 10.1 Å². The van der Waals surface area contributed by atoms with Crippen molar-refractivity contribution < 1.29 is 14.2 Å². The summed E-state index contributed by atoms with van der Waals surface area (Å²) in [6.45, 7) is 0.796. The highest BCUT2D eigenvalue weighted by atomic mass is 19.1. The summed E-state index contributed by atoms with van der Waals surface area (Å²) in [5, 5.41) is 12.5. The van der Waals surface area contributed by atoms with Gasteiger partial charge in [0.15, 0.2) is 0 Å². The second-order valence-corrected chi connectivity index (χ2v) is 3.37. The van der Waals surface area contributed by atoms with Crippen molar-refractivity contribution in [1.29, 1.82) is 0 Å². The molecule has 4 heteroatoms. The van der Waals surface area contributed by atoms with Crippen LogP contribution in [-0.4, -0.2) is 30.5 Å². The molecule has 1 aliphatic rings. The van der Waals surface area contributed by atoms with E-state index in [0.717, 1.165) is 0 Å². The first-order chi connectivity index (χ1) is 6.75. The van der Waals surface area contributed by atoms with E-state index in [1.165, 1.54) is 12.1 Å². The fourth-order valence-electron chi connectivity index (χ4n) is 1.47. The molecule has 1 aromatic rings. The van der Waals surface area contributed by atoms with E-state index in [4.69, 9.17) is 4.74 Å². The summed E-state index contributed by atoms with van der Waals surface area (Å²) in [5.74, 6) is -0.289. The molecule has 0 aliphatic carbocycles. The van der Waals surface area contributed by atoms with Gasteiger partial charge in [0.2, 0.25) is 0 Å². The van der Waals surface area contributed by atoms with E-state index in [-0.39, 0.29) is 11.9 Å². The zero-order valence-electron chi connectivity index (χ0n) is 7.61. The van der Waals surface area contributed by atoms with Gasteiger partial charge in [-0.1, -0.05) is 6.07 Å². The van der Waals surface area contributed by atoms with Gasteiger partial charge in [-0.05, 0) is 18.2 Å². The Balaban J connectivity index is 2.03. The average molecular weight is 197 g/mol. The van der Waals surface area contributed by atoms with Crippen LogP contribution in [0.15, 0.2) is 24.3 Å². The standard InChI is InChI=1S/C10H12FNO2/c11-7-2-1-3-8(4-7)12-9-5-14-6-10(9)13/h1-4,9-10,12-13H,5-6H2/t9-,10-/m0/s1. The summed E-state index contributed by atoms with van der Waals surface area (Å²) in [7, 11) is 0. The van der Waals surface area contributed by atoms with E-state index in [1.54, 1.807) is 12.1 Å². The molecular formula is C10H12FNO2. The molecule has 2 rings (SSSR count). The summed E-state index contributed by atoms with van der Waals surface area (Å²) in [6.07, 6.45) is -0.515. The largest absolute Gasteiger partial charge is 0.388 e. The lowest BCUT2D eigenvalue weighted by atomic mass is 10.2. The Morgan fingerprint density at radius 2 is 2.29 bits per heavy atom. The third-order valence-corrected chi connectivity index (χ3v) is 2.23. The third kappa shape index (κ3) is 2.02. The van der Waals surface area contributed by atoms with Gasteiger partial charge in [0.1, 0.15) is 5.82 Å². The summed E-state index contributed by atoms with van der Waals surface area (Å²) in [5.41, 5.74) is 0.666. The van der Waals surface area contributed by atoms with Crippen LogP contribution in [0.1, 0.15) is 0 Å². The van der Waals surface area contributed by atoms with Crippen molar-refractivity contribution >= 4 is 5.69 Å². The van der Waals surface area contributed by atoms with E-state index in [0.29, 0.717) is 18.9 Å². The predicted molar refractivity (Wildman–Crippen MR) is 50.6 cm³/mol. The van der Waals surface area contributed by atoms with Crippen molar-refractivity contribution in [1.82, 2.24) is 0 Å². The molecule has 1 heterocycles. The molecule has 0 bridgehead atoms. The molecule has 14 heavy (non-hydrogen) atoms. The Kier molecular flexibility index (Phi) is 2.65. The molecule has 1 aromatic carbocycles. The summed E-state index contributed by atoms with van der Waals surface area (Å²) < 4.78 is 17.9. The van der Waals surface area contributed by atoms with Crippen LogP contribution in [0.2, 0.25) is 0 Å². The highest BCUT2D eigenvalue weighted by molar-refractivity contribution is 5.44. The number of rotatable bonds is 2. The zero-order valence-corrected chi connectivity index (χ0v) is 7.61. The minimum absolute atomic E-state index is 0.142. The number of benzene rings is 1. The molecule has 1 aliphatic heterocycles. The van der Waals surface area contributed by atoms with Crippen LogP contribution in [0, 0.1) is 5.82 Å². The fraction of sp³-hybridized carbons (Fsp3) is 0.400. The van der Waals surface area contributed by atoms with E-state index in [9.17, 15) is 9.50 Å². The van der Waals surface area contributed by atoms with Crippen LogP contribution in [-0.2, 0) is 4.74 Å². The van der Waals surface area contributed by atoms with Crippen LogP contribution >= 0.6 is 0 Å². The average Bonchev–Trinajstić information content (AvgIpc) is 2.52. The second kappa shape index (κ2) is 3.94. The normalized spacial score (nSPS) is 26.4. The Bertz CT molecular complexity index is 319. The number of hydrogen-bond acceptors (Lipinski definition) is 3. The van der Waals surface area contributed by atoms with Crippen molar-refractivity contribution in [2.45, 2.75) is 12.1 Å². The minimum Gasteiger partial charge on any atom is -0.388 e. The van der Waals surface area contributed by atoms with Gasteiger partial charge in [0.25, 0.3) is 0 Å². The van der Waals surface area contributed by atoms with Gasteiger partial charge in [-0.25, -0.2) is 4.39 Å². The topological polar surface area (TPSA) is 41.5 Å². The highest BCUT2D eigenvalue weighted by Gasteiger charge is 2.25. The number of aliphatic hydroxyl groups excluding tert-OH is 1. The Labute approximate surface area is 81.5 Å². The molecule has 3 nitrogen and oxygen atoms in total. The maximum absolute atomic E-state index is 12.8. The number of hydrogen-bond donors (Lipinski definition) is 2. The van der Waals surface area contributed by atoms with Crippen LogP contribution in [0.25, 0.3) is 0 Å². The lowest BCUT2D eigenvalue weighted by Crippen LogP contribution is -2.31. The Hall–Kier alpha value is -1.13. The van der Waals surface area contributed by atoms with Gasteiger partial charge in [0.05, 0.1) is 25.4 Å². The lowest BCUT2D eigenvalue weighted by Gasteiger charge is -2.15. The van der Waals surface area contributed by atoms with Crippen molar-refractivity contribution in [3.8, 4) is 0 Å². The first kappa shape index (κ1) is 9.43. The SMILES string of the molecule is O[C@H]1COC[C@@H]1Nc1cccc(F)c1. The molecule has 2 N–H and O–H groups in total. The summed E-state index contributed by atoms with van der Waals surface area (Å²) >= 11 is 0. The van der Waals surface area contributed by atoms with Gasteiger partial charge in [-0.2, -0.15) is 0 Å².